The Balaban J connectivity index is 2.47. The SMILES string of the molecule is Cc1ncnc(N)c1-c1ccc(C(C)C)cc1. The molecule has 0 atom stereocenters. The van der Waals surface area contributed by atoms with Crippen molar-refractivity contribution in [2.75, 3.05) is 5.73 Å². The molecule has 0 bridgehead atoms. The van der Waals surface area contributed by atoms with E-state index in [1.807, 2.05) is 6.92 Å². The fourth-order valence-corrected chi connectivity index (χ4v) is 1.88. The zero-order valence-corrected chi connectivity index (χ0v) is 10.4. The molecule has 0 saturated carbocycles. The van der Waals surface area contributed by atoms with Gasteiger partial charge in [0.25, 0.3) is 0 Å². The van der Waals surface area contributed by atoms with Crippen LogP contribution in [0.4, 0.5) is 5.82 Å². The predicted octanol–water partition coefficient (Wildman–Crippen LogP) is 3.16. The quantitative estimate of drug-likeness (QED) is 0.857. The minimum absolute atomic E-state index is 0.537. The van der Waals surface area contributed by atoms with Crippen LogP contribution in [0.2, 0.25) is 0 Å². The van der Waals surface area contributed by atoms with Crippen molar-refractivity contribution in [1.82, 2.24) is 9.97 Å². The van der Waals surface area contributed by atoms with E-state index >= 15 is 0 Å². The van der Waals surface area contributed by atoms with Crippen LogP contribution in [0.5, 0.6) is 0 Å². The summed E-state index contributed by atoms with van der Waals surface area (Å²) < 4.78 is 0. The minimum Gasteiger partial charge on any atom is -0.383 e. The van der Waals surface area contributed by atoms with Crippen LogP contribution < -0.4 is 5.73 Å². The first-order valence-corrected chi connectivity index (χ1v) is 5.77. The fraction of sp³-hybridized carbons (Fsp3) is 0.286. The average molecular weight is 227 g/mol. The number of rotatable bonds is 2. The van der Waals surface area contributed by atoms with Gasteiger partial charge in [0, 0.05) is 5.56 Å². The largest absolute Gasteiger partial charge is 0.383 e. The monoisotopic (exact) mass is 227 g/mol. The number of anilines is 1. The maximum absolute atomic E-state index is 5.90. The number of hydrogen-bond donors (Lipinski definition) is 1. The minimum atomic E-state index is 0.537. The second kappa shape index (κ2) is 4.53. The smallest absolute Gasteiger partial charge is 0.134 e. The molecule has 2 aromatic rings. The Labute approximate surface area is 102 Å². The van der Waals surface area contributed by atoms with Crippen molar-refractivity contribution in [3.8, 4) is 11.1 Å². The van der Waals surface area contributed by atoms with Crippen molar-refractivity contribution in [3.05, 3.63) is 41.9 Å². The molecule has 0 aliphatic heterocycles. The van der Waals surface area contributed by atoms with Gasteiger partial charge in [0.05, 0.1) is 5.69 Å². The number of hydrogen-bond acceptors (Lipinski definition) is 3. The topological polar surface area (TPSA) is 51.8 Å². The highest BCUT2D eigenvalue weighted by atomic mass is 14.9. The maximum atomic E-state index is 5.90. The fourth-order valence-electron chi connectivity index (χ4n) is 1.88. The molecule has 0 saturated heterocycles. The van der Waals surface area contributed by atoms with Crippen molar-refractivity contribution in [2.24, 2.45) is 0 Å². The van der Waals surface area contributed by atoms with E-state index in [1.165, 1.54) is 11.9 Å². The summed E-state index contributed by atoms with van der Waals surface area (Å²) in [6.07, 6.45) is 1.50. The summed E-state index contributed by atoms with van der Waals surface area (Å²) in [6.45, 7) is 6.31. The van der Waals surface area contributed by atoms with Gasteiger partial charge in [-0.05, 0) is 24.0 Å². The second-order valence-corrected chi connectivity index (χ2v) is 4.50. The van der Waals surface area contributed by atoms with Crippen LogP contribution in [-0.4, -0.2) is 9.97 Å². The van der Waals surface area contributed by atoms with Crippen molar-refractivity contribution in [3.63, 3.8) is 0 Å². The Bertz CT molecular complexity index is 495. The zero-order valence-electron chi connectivity index (χ0n) is 10.4. The molecule has 0 unspecified atom stereocenters. The molecule has 0 fully saturated rings. The van der Waals surface area contributed by atoms with Gasteiger partial charge in [0.15, 0.2) is 0 Å². The van der Waals surface area contributed by atoms with Gasteiger partial charge >= 0.3 is 0 Å². The summed E-state index contributed by atoms with van der Waals surface area (Å²) in [5.74, 6) is 1.07. The van der Waals surface area contributed by atoms with E-state index in [0.717, 1.165) is 16.8 Å². The Morgan fingerprint density at radius 2 is 1.71 bits per heavy atom. The molecule has 0 radical (unpaired) electrons. The third kappa shape index (κ3) is 2.28. The lowest BCUT2D eigenvalue weighted by atomic mass is 9.98. The van der Waals surface area contributed by atoms with Crippen molar-refractivity contribution < 1.29 is 0 Å². The van der Waals surface area contributed by atoms with E-state index in [9.17, 15) is 0 Å². The van der Waals surface area contributed by atoms with E-state index in [4.69, 9.17) is 5.73 Å². The molecule has 0 aliphatic carbocycles. The lowest BCUT2D eigenvalue weighted by Crippen LogP contribution is -1.98. The maximum Gasteiger partial charge on any atom is 0.134 e. The number of nitrogens with two attached hydrogens (primary N) is 1. The van der Waals surface area contributed by atoms with Crippen LogP contribution in [0.15, 0.2) is 30.6 Å². The lowest BCUT2D eigenvalue weighted by molar-refractivity contribution is 0.867. The molecule has 88 valence electrons. The molecule has 2 rings (SSSR count). The predicted molar refractivity (Wildman–Crippen MR) is 70.7 cm³/mol. The number of benzene rings is 1. The Hall–Kier alpha value is -1.90. The first kappa shape index (κ1) is 11.6. The third-order valence-corrected chi connectivity index (χ3v) is 2.93. The normalized spacial score (nSPS) is 10.8. The third-order valence-electron chi connectivity index (χ3n) is 2.93. The van der Waals surface area contributed by atoms with Crippen molar-refractivity contribution in [2.45, 2.75) is 26.7 Å². The van der Waals surface area contributed by atoms with E-state index in [1.54, 1.807) is 0 Å². The highest BCUT2D eigenvalue weighted by Gasteiger charge is 2.08. The molecular formula is C14H17N3. The summed E-state index contributed by atoms with van der Waals surface area (Å²) in [6, 6.07) is 8.42. The van der Waals surface area contributed by atoms with Gasteiger partial charge in [-0.1, -0.05) is 38.1 Å². The van der Waals surface area contributed by atoms with Crippen molar-refractivity contribution >= 4 is 5.82 Å². The summed E-state index contributed by atoms with van der Waals surface area (Å²) in [7, 11) is 0. The first-order chi connectivity index (χ1) is 8.09. The van der Waals surface area contributed by atoms with Crippen LogP contribution in [0, 0.1) is 6.92 Å². The molecule has 1 aromatic carbocycles. The number of nitrogen functional groups attached to an aromatic ring is 1. The van der Waals surface area contributed by atoms with Gasteiger partial charge in [-0.15, -0.1) is 0 Å². The molecule has 1 heterocycles. The van der Waals surface area contributed by atoms with Gasteiger partial charge in [-0.2, -0.15) is 0 Å². The molecule has 0 aliphatic rings. The molecule has 2 N–H and O–H groups in total. The van der Waals surface area contributed by atoms with E-state index in [-0.39, 0.29) is 0 Å². The summed E-state index contributed by atoms with van der Waals surface area (Å²) >= 11 is 0. The molecular weight excluding hydrogens is 210 g/mol. The van der Waals surface area contributed by atoms with E-state index in [2.05, 4.69) is 48.1 Å². The number of aryl methyl sites for hydroxylation is 1. The van der Waals surface area contributed by atoms with Gasteiger partial charge < -0.3 is 5.73 Å². The van der Waals surface area contributed by atoms with E-state index in [0.29, 0.717) is 11.7 Å². The van der Waals surface area contributed by atoms with Crippen LogP contribution in [0.25, 0.3) is 11.1 Å². The molecule has 3 nitrogen and oxygen atoms in total. The lowest BCUT2D eigenvalue weighted by Gasteiger charge is -2.10. The van der Waals surface area contributed by atoms with Crippen LogP contribution >= 0.6 is 0 Å². The highest BCUT2D eigenvalue weighted by Crippen LogP contribution is 2.27. The number of aromatic nitrogens is 2. The Morgan fingerprint density at radius 3 is 2.24 bits per heavy atom. The summed E-state index contributed by atoms with van der Waals surface area (Å²) in [5, 5.41) is 0. The Morgan fingerprint density at radius 1 is 1.06 bits per heavy atom. The zero-order chi connectivity index (χ0) is 12.4. The second-order valence-electron chi connectivity index (χ2n) is 4.50. The molecule has 3 heteroatoms. The molecule has 0 amide bonds. The van der Waals surface area contributed by atoms with Gasteiger partial charge in [-0.25, -0.2) is 9.97 Å². The van der Waals surface area contributed by atoms with E-state index < -0.39 is 0 Å². The first-order valence-electron chi connectivity index (χ1n) is 5.77. The molecule has 1 aromatic heterocycles. The van der Waals surface area contributed by atoms with Crippen LogP contribution in [0.1, 0.15) is 31.0 Å². The highest BCUT2D eigenvalue weighted by molar-refractivity contribution is 5.75. The number of nitrogens with zero attached hydrogens (tertiary/aromatic N) is 2. The molecule has 17 heavy (non-hydrogen) atoms. The standard InChI is InChI=1S/C14H17N3/c1-9(2)11-4-6-12(7-5-11)13-10(3)16-8-17-14(13)15/h4-9H,1-3H3,(H2,15,16,17). The summed E-state index contributed by atoms with van der Waals surface area (Å²) in [4.78, 5) is 8.22. The van der Waals surface area contributed by atoms with Crippen LogP contribution in [0.3, 0.4) is 0 Å². The van der Waals surface area contributed by atoms with Gasteiger partial charge in [-0.3, -0.25) is 0 Å². The van der Waals surface area contributed by atoms with Crippen molar-refractivity contribution in [1.29, 1.82) is 0 Å². The van der Waals surface area contributed by atoms with Gasteiger partial charge in [0.2, 0.25) is 0 Å². The average Bonchev–Trinajstić information content (AvgIpc) is 2.29. The Kier molecular flexibility index (Phi) is 3.09. The van der Waals surface area contributed by atoms with Gasteiger partial charge in [0.1, 0.15) is 12.1 Å². The molecule has 0 spiro atoms. The summed E-state index contributed by atoms with van der Waals surface area (Å²) in [5.41, 5.74) is 10.1. The van der Waals surface area contributed by atoms with Crippen LogP contribution in [-0.2, 0) is 0 Å².